The van der Waals surface area contributed by atoms with Gasteiger partial charge < -0.3 is 22.3 Å². The smallest absolute Gasteiger partial charge is 0.192 e. The van der Waals surface area contributed by atoms with Crippen LogP contribution in [0.25, 0.3) is 0 Å². The Bertz CT molecular complexity index is 317. The van der Waals surface area contributed by atoms with E-state index in [9.17, 15) is 5.11 Å². The van der Waals surface area contributed by atoms with Crippen LogP contribution in [0.1, 0.15) is 24.5 Å². The number of aryl methyl sites for hydroxylation is 1. The number of aliphatic hydroxyl groups excluding tert-OH is 1. The lowest BCUT2D eigenvalue weighted by Crippen LogP contribution is -2.29. The van der Waals surface area contributed by atoms with Crippen molar-refractivity contribution < 1.29 is 9.67 Å². The number of aliphatic hydroxyl groups is 1. The van der Waals surface area contributed by atoms with E-state index in [0.717, 1.165) is 6.42 Å². The molecule has 0 saturated carbocycles. The third kappa shape index (κ3) is 2.81. The minimum Gasteiger partial charge on any atom is -0.394 e. The maximum Gasteiger partial charge on any atom is 0.192 e. The van der Waals surface area contributed by atoms with E-state index in [1.807, 2.05) is 7.05 Å². The first-order chi connectivity index (χ1) is 7.06. The van der Waals surface area contributed by atoms with Crippen molar-refractivity contribution in [1.82, 2.24) is 0 Å². The van der Waals surface area contributed by atoms with E-state index in [1.54, 1.807) is 17.0 Å². The molecule has 15 heavy (non-hydrogen) atoms. The first-order valence-corrected chi connectivity index (χ1v) is 4.98. The van der Waals surface area contributed by atoms with E-state index in [4.69, 9.17) is 17.2 Å². The molecule has 1 unspecified atom stereocenters. The van der Waals surface area contributed by atoms with Crippen LogP contribution >= 0.6 is 0 Å². The summed E-state index contributed by atoms with van der Waals surface area (Å²) < 4.78 is 1.77. The van der Waals surface area contributed by atoms with Gasteiger partial charge in [0, 0.05) is 5.56 Å². The van der Waals surface area contributed by atoms with Crippen molar-refractivity contribution in [2.24, 2.45) is 12.8 Å². The minimum absolute atomic E-state index is 0.516. The molecule has 0 bridgehead atoms. The number of nitrogen functional groups attached to an aromatic ring is 2. The molecule has 7 N–H and O–H groups in total. The number of nitrogens with zero attached hydrogens (tertiary/aromatic N) is 1. The topological polar surface area (TPSA) is 102 Å². The molecule has 1 rings (SSSR count). The predicted octanol–water partition coefficient (Wildman–Crippen LogP) is -0.552. The molecular formula is C10H19N4O+. The molecule has 0 saturated heterocycles. The van der Waals surface area contributed by atoms with Crippen LogP contribution in [0.5, 0.6) is 0 Å². The summed E-state index contributed by atoms with van der Waals surface area (Å²) in [6.45, 7) is 0.553. The van der Waals surface area contributed by atoms with Gasteiger partial charge in [0.05, 0.1) is 6.10 Å². The zero-order chi connectivity index (χ0) is 11.4. The number of anilines is 2. The maximum atomic E-state index is 9.88. The fourth-order valence-corrected chi connectivity index (χ4v) is 1.62. The molecular weight excluding hydrogens is 192 g/mol. The van der Waals surface area contributed by atoms with Crippen molar-refractivity contribution in [1.29, 1.82) is 0 Å². The van der Waals surface area contributed by atoms with Crippen molar-refractivity contribution in [3.63, 3.8) is 0 Å². The second-order valence-corrected chi connectivity index (χ2v) is 3.69. The van der Waals surface area contributed by atoms with E-state index in [0.29, 0.717) is 29.9 Å². The summed E-state index contributed by atoms with van der Waals surface area (Å²) >= 11 is 0. The van der Waals surface area contributed by atoms with Crippen LogP contribution in [-0.2, 0) is 7.05 Å². The van der Waals surface area contributed by atoms with E-state index >= 15 is 0 Å². The highest BCUT2D eigenvalue weighted by atomic mass is 16.3. The first kappa shape index (κ1) is 11.7. The van der Waals surface area contributed by atoms with Gasteiger partial charge in [-0.2, -0.15) is 0 Å². The molecule has 0 aromatic carbocycles. The lowest BCUT2D eigenvalue weighted by atomic mass is 10.0. The molecule has 0 aliphatic heterocycles. The Morgan fingerprint density at radius 3 is 2.33 bits per heavy atom. The molecule has 1 aromatic rings. The molecule has 0 aliphatic rings. The normalized spacial score (nSPS) is 12.7. The Morgan fingerprint density at radius 2 is 1.87 bits per heavy atom. The largest absolute Gasteiger partial charge is 0.394 e. The van der Waals surface area contributed by atoms with Gasteiger partial charge in [0.2, 0.25) is 0 Å². The van der Waals surface area contributed by atoms with Gasteiger partial charge in [0.15, 0.2) is 12.4 Å². The summed E-state index contributed by atoms with van der Waals surface area (Å²) in [5.41, 5.74) is 18.6. The van der Waals surface area contributed by atoms with E-state index in [2.05, 4.69) is 0 Å². The van der Waals surface area contributed by atoms with E-state index < -0.39 is 6.10 Å². The first-order valence-electron chi connectivity index (χ1n) is 4.98. The average molecular weight is 211 g/mol. The molecule has 0 spiro atoms. The number of hydrogen-bond acceptors (Lipinski definition) is 4. The van der Waals surface area contributed by atoms with Crippen molar-refractivity contribution in [2.75, 3.05) is 18.0 Å². The van der Waals surface area contributed by atoms with Crippen molar-refractivity contribution in [3.8, 4) is 0 Å². The van der Waals surface area contributed by atoms with Gasteiger partial charge in [-0.1, -0.05) is 0 Å². The summed E-state index contributed by atoms with van der Waals surface area (Å²) in [5.74, 6) is 0. The molecule has 1 heterocycles. The van der Waals surface area contributed by atoms with Crippen LogP contribution in [-0.4, -0.2) is 11.7 Å². The number of hydrogen-bond donors (Lipinski definition) is 4. The summed E-state index contributed by atoms with van der Waals surface area (Å²) in [6.07, 6.45) is 4.17. The summed E-state index contributed by atoms with van der Waals surface area (Å²) in [5, 5.41) is 9.88. The van der Waals surface area contributed by atoms with E-state index in [1.165, 1.54) is 0 Å². The molecule has 84 valence electrons. The Morgan fingerprint density at radius 1 is 1.33 bits per heavy atom. The van der Waals surface area contributed by atoms with Gasteiger partial charge in [0.25, 0.3) is 0 Å². The maximum absolute atomic E-state index is 9.88. The number of nitrogens with two attached hydrogens (primary N) is 3. The fraction of sp³-hybridized carbons (Fsp3) is 0.500. The van der Waals surface area contributed by atoms with Crippen molar-refractivity contribution >= 4 is 11.4 Å². The lowest BCUT2D eigenvalue weighted by Gasteiger charge is -2.13. The Kier molecular flexibility index (Phi) is 3.88. The monoisotopic (exact) mass is 211 g/mol. The van der Waals surface area contributed by atoms with Gasteiger partial charge in [-0.25, -0.2) is 4.57 Å². The van der Waals surface area contributed by atoms with Crippen LogP contribution in [0.4, 0.5) is 11.4 Å². The highest BCUT2D eigenvalue weighted by Crippen LogP contribution is 2.27. The zero-order valence-corrected chi connectivity index (χ0v) is 8.98. The Balaban J connectivity index is 2.92. The molecule has 0 radical (unpaired) electrons. The zero-order valence-electron chi connectivity index (χ0n) is 8.98. The summed E-state index contributed by atoms with van der Waals surface area (Å²) in [7, 11) is 1.84. The SMILES string of the molecule is C[n+]1cc(N)c(C(O)CCCN)c(N)c1. The van der Waals surface area contributed by atoms with Crippen LogP contribution in [0.3, 0.4) is 0 Å². The van der Waals surface area contributed by atoms with Gasteiger partial charge in [0.1, 0.15) is 18.4 Å². The quantitative estimate of drug-likeness (QED) is 0.502. The highest BCUT2D eigenvalue weighted by molar-refractivity contribution is 5.58. The van der Waals surface area contributed by atoms with Crippen LogP contribution in [0.2, 0.25) is 0 Å². The summed E-state index contributed by atoms with van der Waals surface area (Å²) in [6, 6.07) is 0. The standard InChI is InChI=1S/C10H19N4O/c1-14-5-7(12)10(8(13)6-14)9(15)3-2-4-11/h5-6,9,15H,2-4,11-13H2,1H3/q+1. The van der Waals surface area contributed by atoms with Gasteiger partial charge in [-0.3, -0.25) is 0 Å². The van der Waals surface area contributed by atoms with Crippen LogP contribution < -0.4 is 21.8 Å². The second-order valence-electron chi connectivity index (χ2n) is 3.69. The highest BCUT2D eigenvalue weighted by Gasteiger charge is 2.17. The number of rotatable bonds is 4. The van der Waals surface area contributed by atoms with Crippen LogP contribution in [0, 0.1) is 0 Å². The fourth-order valence-electron chi connectivity index (χ4n) is 1.62. The number of pyridine rings is 1. The molecule has 5 heteroatoms. The van der Waals surface area contributed by atoms with Gasteiger partial charge >= 0.3 is 0 Å². The third-order valence-electron chi connectivity index (χ3n) is 2.32. The second kappa shape index (κ2) is 4.95. The minimum atomic E-state index is -0.630. The Labute approximate surface area is 89.5 Å². The lowest BCUT2D eigenvalue weighted by molar-refractivity contribution is -0.670. The summed E-state index contributed by atoms with van der Waals surface area (Å²) in [4.78, 5) is 0. The molecule has 0 amide bonds. The van der Waals surface area contributed by atoms with Gasteiger partial charge in [-0.05, 0) is 19.4 Å². The average Bonchev–Trinajstić information content (AvgIpc) is 2.12. The molecule has 0 fully saturated rings. The molecule has 1 atom stereocenters. The van der Waals surface area contributed by atoms with Crippen molar-refractivity contribution in [3.05, 3.63) is 18.0 Å². The van der Waals surface area contributed by atoms with Gasteiger partial charge in [-0.15, -0.1) is 0 Å². The Hall–Kier alpha value is -1.33. The third-order valence-corrected chi connectivity index (χ3v) is 2.32. The molecule has 1 aromatic heterocycles. The predicted molar refractivity (Wildman–Crippen MR) is 59.7 cm³/mol. The molecule has 5 nitrogen and oxygen atoms in total. The van der Waals surface area contributed by atoms with Crippen LogP contribution in [0.15, 0.2) is 12.4 Å². The van der Waals surface area contributed by atoms with Crippen molar-refractivity contribution in [2.45, 2.75) is 18.9 Å². The number of aromatic nitrogens is 1. The molecule has 0 aliphatic carbocycles. The van der Waals surface area contributed by atoms with E-state index in [-0.39, 0.29) is 0 Å².